The van der Waals surface area contributed by atoms with Crippen LogP contribution < -0.4 is 0 Å². The van der Waals surface area contributed by atoms with Crippen molar-refractivity contribution in [2.45, 2.75) is 98.2 Å². The Hall–Kier alpha value is -2.90. The van der Waals surface area contributed by atoms with Crippen molar-refractivity contribution in [3.05, 3.63) is 59.7 Å². The number of hydrogen-bond donors (Lipinski definition) is 4. The van der Waals surface area contributed by atoms with Crippen LogP contribution in [0.3, 0.4) is 0 Å². The smallest absolute Gasteiger partial charge is 0.330 e. The van der Waals surface area contributed by atoms with Crippen molar-refractivity contribution in [1.29, 1.82) is 0 Å². The van der Waals surface area contributed by atoms with Gasteiger partial charge in [-0.2, -0.15) is 0 Å². The highest BCUT2D eigenvalue weighted by Gasteiger charge is 2.70. The number of aromatic hydroxyl groups is 1. The van der Waals surface area contributed by atoms with E-state index in [1.54, 1.807) is 30.3 Å². The van der Waals surface area contributed by atoms with Gasteiger partial charge in [-0.3, -0.25) is 4.79 Å². The Kier molecular flexibility index (Phi) is 7.96. The van der Waals surface area contributed by atoms with Gasteiger partial charge in [-0.25, -0.2) is 4.79 Å². The highest BCUT2D eigenvalue weighted by molar-refractivity contribution is 5.87. The number of fused-ring (bicyclic) bond motifs is 7. The molecule has 0 saturated heterocycles. The third-order valence-corrected chi connectivity index (χ3v) is 14.5. The highest BCUT2D eigenvalue weighted by Crippen LogP contribution is 2.75. The molecule has 0 amide bonds. The molecule has 0 radical (unpaired) electrons. The minimum Gasteiger partial charge on any atom is -0.508 e. The number of allylic oxidation sites excluding steroid dienone is 3. The largest absolute Gasteiger partial charge is 0.508 e. The summed E-state index contributed by atoms with van der Waals surface area (Å²) in [7, 11) is 0. The van der Waals surface area contributed by atoms with E-state index in [-0.39, 0.29) is 52.3 Å². The van der Waals surface area contributed by atoms with Crippen molar-refractivity contribution in [2.24, 2.45) is 50.7 Å². The van der Waals surface area contributed by atoms with E-state index in [1.165, 1.54) is 11.6 Å². The van der Waals surface area contributed by atoms with Gasteiger partial charge < -0.3 is 25.2 Å². The summed E-state index contributed by atoms with van der Waals surface area (Å²) >= 11 is 0. The molecule has 1 aromatic rings. The average Bonchev–Trinajstić information content (AvgIpc) is 3.00. The van der Waals surface area contributed by atoms with Gasteiger partial charge in [0.15, 0.2) is 0 Å². The summed E-state index contributed by atoms with van der Waals surface area (Å²) in [5.41, 5.74) is 0.766. The van der Waals surface area contributed by atoms with Crippen LogP contribution in [0.1, 0.15) is 91.5 Å². The highest BCUT2D eigenvalue weighted by atomic mass is 16.5. The van der Waals surface area contributed by atoms with Gasteiger partial charge in [0.1, 0.15) is 5.75 Å². The topological polar surface area (TPSA) is 124 Å². The van der Waals surface area contributed by atoms with Crippen molar-refractivity contribution in [1.82, 2.24) is 0 Å². The molecule has 1 aromatic carbocycles. The molecule has 4 saturated carbocycles. The Morgan fingerprint density at radius 1 is 1.00 bits per heavy atom. The molecule has 0 aromatic heterocycles. The molecule has 4 N–H and O–H groups in total. The van der Waals surface area contributed by atoms with Crippen LogP contribution in [0.15, 0.2) is 54.1 Å². The number of aliphatic carboxylic acids is 1. The van der Waals surface area contributed by atoms with Gasteiger partial charge in [0.25, 0.3) is 0 Å². The fraction of sp³-hybridized carbons (Fsp3) is 0.641. The van der Waals surface area contributed by atoms with Crippen LogP contribution in [-0.4, -0.2) is 51.2 Å². The van der Waals surface area contributed by atoms with E-state index in [9.17, 15) is 30.0 Å². The Labute approximate surface area is 273 Å². The van der Waals surface area contributed by atoms with Crippen molar-refractivity contribution >= 4 is 18.0 Å². The van der Waals surface area contributed by atoms with Crippen LogP contribution in [0.2, 0.25) is 0 Å². The summed E-state index contributed by atoms with van der Waals surface area (Å²) in [5, 5.41) is 43.1. The number of phenolic OH excluding ortho intramolecular Hbond substituents is 1. The number of carboxylic acids is 1. The molecule has 11 atom stereocenters. The first-order chi connectivity index (χ1) is 21.5. The average molecular weight is 633 g/mol. The third-order valence-electron chi connectivity index (χ3n) is 14.5. The molecular weight excluding hydrogens is 580 g/mol. The van der Waals surface area contributed by atoms with Gasteiger partial charge in [0.05, 0.1) is 24.2 Å². The van der Waals surface area contributed by atoms with Crippen molar-refractivity contribution < 1.29 is 34.8 Å². The molecule has 5 aliphatic carbocycles. The second-order valence-corrected chi connectivity index (χ2v) is 16.5. The summed E-state index contributed by atoms with van der Waals surface area (Å²) in [6.45, 7) is 15.7. The summed E-state index contributed by atoms with van der Waals surface area (Å²) in [5.74, 6) is -0.728. The predicted octanol–water partition coefficient (Wildman–Crippen LogP) is 6.92. The van der Waals surface area contributed by atoms with Gasteiger partial charge in [-0.05, 0) is 109 Å². The number of aliphatic hydroxyl groups is 2. The monoisotopic (exact) mass is 632 g/mol. The third kappa shape index (κ3) is 4.58. The maximum absolute atomic E-state index is 12.9. The van der Waals surface area contributed by atoms with Gasteiger partial charge in [0.2, 0.25) is 0 Å². The van der Waals surface area contributed by atoms with Crippen LogP contribution in [0.5, 0.6) is 5.75 Å². The second kappa shape index (κ2) is 11.1. The number of carboxylic acid groups (broad SMARTS) is 1. The number of rotatable bonds is 5. The minimum atomic E-state index is -1.04. The predicted molar refractivity (Wildman–Crippen MR) is 176 cm³/mol. The van der Waals surface area contributed by atoms with Crippen molar-refractivity contribution in [3.8, 4) is 5.75 Å². The molecule has 0 aliphatic heterocycles. The number of benzene rings is 1. The van der Waals surface area contributed by atoms with Crippen LogP contribution in [0, 0.1) is 50.7 Å². The van der Waals surface area contributed by atoms with E-state index in [0.29, 0.717) is 19.3 Å². The maximum atomic E-state index is 12.9. The minimum absolute atomic E-state index is 0.00700. The molecule has 5 aliphatic rings. The Morgan fingerprint density at radius 3 is 2.37 bits per heavy atom. The van der Waals surface area contributed by atoms with E-state index in [2.05, 4.69) is 40.3 Å². The number of phenols is 1. The van der Waals surface area contributed by atoms with Gasteiger partial charge in [0, 0.05) is 17.4 Å². The molecule has 46 heavy (non-hydrogen) atoms. The molecule has 7 nitrogen and oxygen atoms in total. The number of ether oxygens (including phenoxy) is 1. The van der Waals surface area contributed by atoms with E-state index in [1.807, 2.05) is 6.92 Å². The normalized spacial score (nSPS) is 45.1. The fourth-order valence-corrected chi connectivity index (χ4v) is 11.6. The van der Waals surface area contributed by atoms with Gasteiger partial charge in [-0.1, -0.05) is 70.6 Å². The van der Waals surface area contributed by atoms with Crippen LogP contribution >= 0.6 is 0 Å². The second-order valence-electron chi connectivity index (χ2n) is 16.5. The molecule has 0 bridgehead atoms. The van der Waals surface area contributed by atoms with E-state index in [0.717, 1.165) is 43.2 Å². The lowest BCUT2D eigenvalue weighted by molar-refractivity contribution is -0.244. The molecule has 0 spiro atoms. The Balaban J connectivity index is 1.31. The fourth-order valence-electron chi connectivity index (χ4n) is 11.6. The Morgan fingerprint density at radius 2 is 1.70 bits per heavy atom. The first kappa shape index (κ1) is 33.0. The summed E-state index contributed by atoms with van der Waals surface area (Å²) < 4.78 is 5.80. The van der Waals surface area contributed by atoms with E-state index < -0.39 is 35.0 Å². The first-order valence-corrected chi connectivity index (χ1v) is 17.2. The zero-order valence-corrected chi connectivity index (χ0v) is 28.1. The molecule has 0 heterocycles. The molecule has 7 heteroatoms. The SMILES string of the molecule is C=C1[C@H]2C3=CC[C@@H]4[C@@]5(C)C[C@@H](O)[C@H](O)[C@@](C)(COC(=O)/C=C/c6ccc(O)cc6)[C@@H]5CC[C@@]4(C)[C@]3(C)CC[C@@]2(C(=O)O)CC[C@H]1C. The van der Waals surface area contributed by atoms with Crippen LogP contribution in [0.25, 0.3) is 6.08 Å². The zero-order chi connectivity index (χ0) is 33.4. The molecule has 0 unspecified atom stereocenters. The number of carbonyl (C=O) groups excluding carboxylic acids is 1. The lowest BCUT2D eigenvalue weighted by atomic mass is 9.33. The summed E-state index contributed by atoms with van der Waals surface area (Å²) in [4.78, 5) is 25.8. The number of esters is 1. The van der Waals surface area contributed by atoms with Crippen LogP contribution in [-0.2, 0) is 14.3 Å². The van der Waals surface area contributed by atoms with Crippen molar-refractivity contribution in [2.75, 3.05) is 6.61 Å². The van der Waals surface area contributed by atoms with Gasteiger partial charge >= 0.3 is 11.9 Å². The number of aliphatic hydroxyl groups excluding tert-OH is 2. The first-order valence-electron chi connectivity index (χ1n) is 17.2. The standard InChI is InChI=1S/C39H52O7/c1-23-15-18-39(34(44)45)20-19-37(5)27(32(39)24(23)2)12-13-30-35(3)21-28(41)33(43)36(4,29(35)16-17-38(30,37)6)22-46-31(42)14-9-25-7-10-26(40)11-8-25/h7-12,14,23,28-30,32-33,40-41,43H,2,13,15-22H2,1,3-6H3,(H,44,45)/b14-9+/t23-,28-,29-,30-,32+,33+,35+,36+,37-,38-,39+/m1/s1. The molecule has 250 valence electrons. The van der Waals surface area contributed by atoms with E-state index in [4.69, 9.17) is 4.74 Å². The molecule has 6 rings (SSSR count). The van der Waals surface area contributed by atoms with E-state index >= 15 is 0 Å². The number of carbonyl (C=O) groups is 2. The van der Waals surface area contributed by atoms with Crippen LogP contribution in [0.4, 0.5) is 0 Å². The quantitative estimate of drug-likeness (QED) is 0.158. The lowest BCUT2D eigenvalue weighted by Crippen LogP contribution is -2.68. The van der Waals surface area contributed by atoms with Gasteiger partial charge in [-0.15, -0.1) is 0 Å². The van der Waals surface area contributed by atoms with Crippen molar-refractivity contribution in [3.63, 3.8) is 0 Å². The molecule has 4 fully saturated rings. The lowest BCUT2D eigenvalue weighted by Gasteiger charge is -2.71. The summed E-state index contributed by atoms with van der Waals surface area (Å²) in [6.07, 6.45) is 9.33. The Bertz CT molecular complexity index is 1480. The molecular formula is C39H52O7. The number of hydrogen-bond acceptors (Lipinski definition) is 6. The summed E-state index contributed by atoms with van der Waals surface area (Å²) in [6, 6.07) is 6.51. The maximum Gasteiger partial charge on any atom is 0.330 e. The zero-order valence-electron chi connectivity index (χ0n) is 28.1.